The third-order valence-electron chi connectivity index (χ3n) is 5.69. The number of carbonyl (C=O) groups excluding carboxylic acids is 2. The van der Waals surface area contributed by atoms with Gasteiger partial charge in [-0.25, -0.2) is 9.59 Å². The molecule has 1 saturated heterocycles. The summed E-state index contributed by atoms with van der Waals surface area (Å²) in [7, 11) is 2.97. The van der Waals surface area contributed by atoms with E-state index in [9.17, 15) is 9.59 Å². The van der Waals surface area contributed by atoms with Crippen molar-refractivity contribution in [3.8, 4) is 5.75 Å². The Labute approximate surface area is 167 Å². The Bertz CT molecular complexity index is 641. The van der Waals surface area contributed by atoms with Crippen LogP contribution in [0.4, 0.5) is 4.79 Å². The summed E-state index contributed by atoms with van der Waals surface area (Å²) in [5, 5.41) is 5.73. The molecule has 0 aliphatic carbocycles. The number of carbonyl (C=O) groups is 2. The Balaban J connectivity index is 2.08. The van der Waals surface area contributed by atoms with Crippen LogP contribution < -0.4 is 15.4 Å². The Morgan fingerprint density at radius 3 is 2.36 bits per heavy atom. The van der Waals surface area contributed by atoms with E-state index in [0.29, 0.717) is 19.8 Å². The first-order valence-electron chi connectivity index (χ1n) is 9.80. The van der Waals surface area contributed by atoms with E-state index in [0.717, 1.165) is 30.6 Å². The van der Waals surface area contributed by atoms with Gasteiger partial charge in [-0.3, -0.25) is 0 Å². The minimum Gasteiger partial charge on any atom is -0.497 e. The van der Waals surface area contributed by atoms with Gasteiger partial charge in [-0.05, 0) is 36.5 Å². The molecule has 156 valence electrons. The lowest BCUT2D eigenvalue weighted by molar-refractivity contribution is -0.144. The van der Waals surface area contributed by atoms with Crippen LogP contribution in [0.15, 0.2) is 24.3 Å². The number of ether oxygens (including phenoxy) is 3. The molecule has 7 heteroatoms. The summed E-state index contributed by atoms with van der Waals surface area (Å²) in [6.45, 7) is 5.64. The van der Waals surface area contributed by atoms with E-state index < -0.39 is 12.0 Å². The molecule has 2 N–H and O–H groups in total. The molecule has 2 atom stereocenters. The minimum atomic E-state index is -0.665. The summed E-state index contributed by atoms with van der Waals surface area (Å²) in [4.78, 5) is 24.5. The average Bonchev–Trinajstić information content (AvgIpc) is 2.75. The molecular formula is C21H32N2O5. The van der Waals surface area contributed by atoms with Crippen LogP contribution in [0.25, 0.3) is 0 Å². The van der Waals surface area contributed by atoms with Gasteiger partial charge in [0.15, 0.2) is 0 Å². The zero-order valence-corrected chi connectivity index (χ0v) is 17.2. The highest BCUT2D eigenvalue weighted by atomic mass is 16.5. The van der Waals surface area contributed by atoms with Crippen molar-refractivity contribution in [3.05, 3.63) is 29.8 Å². The van der Waals surface area contributed by atoms with Gasteiger partial charge in [-0.15, -0.1) is 0 Å². The molecule has 1 unspecified atom stereocenters. The van der Waals surface area contributed by atoms with Crippen LogP contribution in [0.5, 0.6) is 5.75 Å². The summed E-state index contributed by atoms with van der Waals surface area (Å²) in [5.74, 6) is 0.350. The monoisotopic (exact) mass is 392 g/mol. The molecule has 1 aliphatic rings. The summed E-state index contributed by atoms with van der Waals surface area (Å²) in [5.41, 5.74) is 0.933. The van der Waals surface area contributed by atoms with E-state index in [4.69, 9.17) is 14.2 Å². The van der Waals surface area contributed by atoms with Crippen LogP contribution in [0.1, 0.15) is 38.7 Å². The van der Waals surface area contributed by atoms with Gasteiger partial charge in [0.2, 0.25) is 0 Å². The van der Waals surface area contributed by atoms with Gasteiger partial charge in [0.1, 0.15) is 11.8 Å². The van der Waals surface area contributed by atoms with Crippen LogP contribution in [-0.4, -0.2) is 52.0 Å². The quantitative estimate of drug-likeness (QED) is 0.664. The van der Waals surface area contributed by atoms with Gasteiger partial charge in [0.25, 0.3) is 0 Å². The molecular weight excluding hydrogens is 360 g/mol. The van der Waals surface area contributed by atoms with Crippen molar-refractivity contribution >= 4 is 12.0 Å². The van der Waals surface area contributed by atoms with Crippen LogP contribution in [0.2, 0.25) is 0 Å². The zero-order chi connectivity index (χ0) is 20.6. The fraction of sp³-hybridized carbons (Fsp3) is 0.619. The van der Waals surface area contributed by atoms with Crippen molar-refractivity contribution in [2.75, 3.05) is 34.0 Å². The third kappa shape index (κ3) is 5.38. The number of methoxy groups -OCH3 is 2. The SMILES string of the molecule is CCC(C)[C@@H](NC(=O)NCC1(c2ccc(OC)cc2)CCOCC1)C(=O)OC. The van der Waals surface area contributed by atoms with E-state index in [1.54, 1.807) is 7.11 Å². The molecule has 2 amide bonds. The predicted octanol–water partition coefficient (Wildman–Crippen LogP) is 2.63. The van der Waals surface area contributed by atoms with Crippen LogP contribution >= 0.6 is 0 Å². The Morgan fingerprint density at radius 1 is 1.18 bits per heavy atom. The number of hydrogen-bond acceptors (Lipinski definition) is 5. The van der Waals surface area contributed by atoms with Crippen LogP contribution in [0, 0.1) is 5.92 Å². The maximum Gasteiger partial charge on any atom is 0.328 e. The molecule has 0 saturated carbocycles. The van der Waals surface area contributed by atoms with Gasteiger partial charge in [-0.1, -0.05) is 32.4 Å². The molecule has 1 fully saturated rings. The summed E-state index contributed by atoms with van der Waals surface area (Å²) in [6.07, 6.45) is 2.38. The van der Waals surface area contributed by atoms with Gasteiger partial charge < -0.3 is 24.8 Å². The first-order chi connectivity index (χ1) is 13.5. The van der Waals surface area contributed by atoms with E-state index in [1.807, 2.05) is 38.1 Å². The number of urea groups is 1. The molecule has 0 aromatic heterocycles. The number of hydrogen-bond donors (Lipinski definition) is 2. The first-order valence-corrected chi connectivity index (χ1v) is 9.80. The molecule has 1 aromatic carbocycles. The van der Waals surface area contributed by atoms with E-state index >= 15 is 0 Å². The second-order valence-corrected chi connectivity index (χ2v) is 7.33. The van der Waals surface area contributed by atoms with Crippen LogP contribution in [0.3, 0.4) is 0 Å². The third-order valence-corrected chi connectivity index (χ3v) is 5.69. The lowest BCUT2D eigenvalue weighted by Gasteiger charge is -2.38. The van der Waals surface area contributed by atoms with Gasteiger partial charge in [-0.2, -0.15) is 0 Å². The second kappa shape index (κ2) is 10.3. The van der Waals surface area contributed by atoms with E-state index in [2.05, 4.69) is 10.6 Å². The molecule has 1 heterocycles. The van der Waals surface area contributed by atoms with Crippen molar-refractivity contribution in [2.45, 2.75) is 44.6 Å². The van der Waals surface area contributed by atoms with Crippen LogP contribution in [-0.2, 0) is 19.7 Å². The maximum absolute atomic E-state index is 12.5. The zero-order valence-electron chi connectivity index (χ0n) is 17.2. The molecule has 1 aliphatic heterocycles. The average molecular weight is 392 g/mol. The highest BCUT2D eigenvalue weighted by molar-refractivity contribution is 5.83. The smallest absolute Gasteiger partial charge is 0.328 e. The van der Waals surface area contributed by atoms with Crippen molar-refractivity contribution in [3.63, 3.8) is 0 Å². The Kier molecular flexibility index (Phi) is 8.11. The molecule has 7 nitrogen and oxygen atoms in total. The molecule has 2 rings (SSSR count). The number of benzene rings is 1. The standard InChI is InChI=1S/C21H32N2O5/c1-5-15(2)18(19(24)27-4)23-20(25)22-14-21(10-12-28-13-11-21)16-6-8-17(26-3)9-7-16/h6-9,15,18H,5,10-14H2,1-4H3,(H2,22,23,25)/t15?,18-/m1/s1. The molecule has 0 spiro atoms. The fourth-order valence-corrected chi connectivity index (χ4v) is 3.51. The maximum atomic E-state index is 12.5. The molecule has 28 heavy (non-hydrogen) atoms. The highest BCUT2D eigenvalue weighted by Gasteiger charge is 2.35. The first kappa shape index (κ1) is 22.0. The largest absolute Gasteiger partial charge is 0.497 e. The minimum absolute atomic E-state index is 0.0168. The fourth-order valence-electron chi connectivity index (χ4n) is 3.51. The number of rotatable bonds is 8. The van der Waals surface area contributed by atoms with Gasteiger partial charge in [0, 0.05) is 25.2 Å². The normalized spacial score (nSPS) is 17.9. The highest BCUT2D eigenvalue weighted by Crippen LogP contribution is 2.35. The Hall–Kier alpha value is -2.28. The predicted molar refractivity (Wildman–Crippen MR) is 107 cm³/mol. The number of nitrogens with one attached hydrogen (secondary N) is 2. The molecule has 1 aromatic rings. The molecule has 0 bridgehead atoms. The Morgan fingerprint density at radius 2 is 1.82 bits per heavy atom. The van der Waals surface area contributed by atoms with Gasteiger partial charge >= 0.3 is 12.0 Å². The summed E-state index contributed by atoms with van der Waals surface area (Å²) < 4.78 is 15.6. The number of esters is 1. The van der Waals surface area contributed by atoms with E-state index in [-0.39, 0.29) is 17.4 Å². The van der Waals surface area contributed by atoms with Crippen molar-refractivity contribution in [1.82, 2.24) is 10.6 Å². The number of amides is 2. The lowest BCUT2D eigenvalue weighted by Crippen LogP contribution is -2.52. The lowest BCUT2D eigenvalue weighted by atomic mass is 9.74. The summed E-state index contributed by atoms with van der Waals surface area (Å²) in [6, 6.07) is 6.92. The van der Waals surface area contributed by atoms with Crippen molar-refractivity contribution < 1.29 is 23.8 Å². The van der Waals surface area contributed by atoms with E-state index in [1.165, 1.54) is 7.11 Å². The topological polar surface area (TPSA) is 85.9 Å². The van der Waals surface area contributed by atoms with Gasteiger partial charge in [0.05, 0.1) is 14.2 Å². The molecule has 0 radical (unpaired) electrons. The van der Waals surface area contributed by atoms with Crippen molar-refractivity contribution in [2.24, 2.45) is 5.92 Å². The summed E-state index contributed by atoms with van der Waals surface area (Å²) >= 11 is 0. The van der Waals surface area contributed by atoms with Crippen molar-refractivity contribution in [1.29, 1.82) is 0 Å². The second-order valence-electron chi connectivity index (χ2n) is 7.33.